The van der Waals surface area contributed by atoms with Crippen LogP contribution in [0.3, 0.4) is 0 Å². The van der Waals surface area contributed by atoms with Gasteiger partial charge in [-0.05, 0) is 74.7 Å². The zero-order valence-corrected chi connectivity index (χ0v) is 16.7. The van der Waals surface area contributed by atoms with Gasteiger partial charge in [-0.2, -0.15) is 4.72 Å². The van der Waals surface area contributed by atoms with Gasteiger partial charge in [0, 0.05) is 0 Å². The van der Waals surface area contributed by atoms with Crippen molar-refractivity contribution in [2.45, 2.75) is 30.2 Å². The first kappa shape index (κ1) is 21.3. The number of rotatable bonds is 8. The highest BCUT2D eigenvalue weighted by atomic mass is 32.2. The number of benzene rings is 2. The lowest BCUT2D eigenvalue weighted by molar-refractivity contribution is -0.131. The van der Waals surface area contributed by atoms with E-state index in [-0.39, 0.29) is 10.8 Å². The van der Waals surface area contributed by atoms with Gasteiger partial charge in [-0.25, -0.2) is 13.9 Å². The van der Waals surface area contributed by atoms with Crippen molar-refractivity contribution in [1.29, 1.82) is 0 Å². The van der Waals surface area contributed by atoms with Crippen LogP contribution in [0.2, 0.25) is 0 Å². The quantitative estimate of drug-likeness (QED) is 0.384. The van der Waals surface area contributed by atoms with Gasteiger partial charge in [0.05, 0.1) is 4.90 Å². The van der Waals surface area contributed by atoms with E-state index < -0.39 is 22.0 Å². The Hall–Kier alpha value is -2.46. The summed E-state index contributed by atoms with van der Waals surface area (Å²) in [6, 6.07) is 14.0. The second-order valence-electron chi connectivity index (χ2n) is 6.98. The Morgan fingerprint density at radius 3 is 2.45 bits per heavy atom. The Bertz CT molecular complexity index is 897. The Kier molecular flexibility index (Phi) is 7.21. The summed E-state index contributed by atoms with van der Waals surface area (Å²) < 4.78 is 33.6. The standard InChI is InChI=1S/C20H25N3O5S/c24-20(22-25)19(13-15-5-4-12-21-14-15)23-29(26,27)18-10-8-17(9-11-18)28-16-6-2-1-3-7-16/h1-3,6-11,15,19,21,23,25H,4-5,12-14H2,(H,22,24)/t15?,19-/m0/s1. The number of carbonyl (C=O) groups excluding carboxylic acids is 1. The monoisotopic (exact) mass is 419 g/mol. The van der Waals surface area contributed by atoms with E-state index in [0.717, 1.165) is 19.4 Å². The number of ether oxygens (including phenoxy) is 1. The molecule has 4 N–H and O–H groups in total. The van der Waals surface area contributed by atoms with E-state index in [1.54, 1.807) is 29.7 Å². The maximum atomic E-state index is 12.7. The molecule has 0 saturated carbocycles. The molecule has 1 unspecified atom stereocenters. The summed E-state index contributed by atoms with van der Waals surface area (Å²) in [5.41, 5.74) is 1.56. The number of amides is 1. The zero-order chi connectivity index (χ0) is 20.7. The van der Waals surface area contributed by atoms with Gasteiger partial charge in [-0.3, -0.25) is 10.0 Å². The van der Waals surface area contributed by atoms with Crippen molar-refractivity contribution in [3.8, 4) is 11.5 Å². The van der Waals surface area contributed by atoms with Crippen molar-refractivity contribution in [3.63, 3.8) is 0 Å². The Labute approximate surface area is 170 Å². The number of para-hydroxylation sites is 1. The summed E-state index contributed by atoms with van der Waals surface area (Å²) in [4.78, 5) is 12.0. The first-order chi connectivity index (χ1) is 14.0. The van der Waals surface area contributed by atoms with Crippen LogP contribution in [0.25, 0.3) is 0 Å². The molecular weight excluding hydrogens is 394 g/mol. The van der Waals surface area contributed by atoms with Crippen LogP contribution < -0.4 is 20.3 Å². The molecule has 1 aliphatic rings. The lowest BCUT2D eigenvalue weighted by atomic mass is 9.92. The van der Waals surface area contributed by atoms with E-state index >= 15 is 0 Å². The number of hydrogen-bond donors (Lipinski definition) is 4. The summed E-state index contributed by atoms with van der Waals surface area (Å²) in [7, 11) is -3.95. The van der Waals surface area contributed by atoms with E-state index in [0.29, 0.717) is 24.5 Å². The molecular formula is C20H25N3O5S. The van der Waals surface area contributed by atoms with E-state index in [2.05, 4.69) is 10.0 Å². The molecule has 156 valence electrons. The van der Waals surface area contributed by atoms with E-state index in [1.807, 2.05) is 18.2 Å². The van der Waals surface area contributed by atoms with Crippen LogP contribution >= 0.6 is 0 Å². The summed E-state index contributed by atoms with van der Waals surface area (Å²) in [5, 5.41) is 12.2. The molecule has 2 aromatic carbocycles. The fourth-order valence-corrected chi connectivity index (χ4v) is 4.52. The van der Waals surface area contributed by atoms with Crippen LogP contribution in [0.1, 0.15) is 19.3 Å². The Morgan fingerprint density at radius 1 is 1.14 bits per heavy atom. The highest BCUT2D eigenvalue weighted by Crippen LogP contribution is 2.23. The molecule has 0 bridgehead atoms. The van der Waals surface area contributed by atoms with Crippen LogP contribution in [-0.4, -0.2) is 38.7 Å². The number of carbonyl (C=O) groups is 1. The normalized spacial score (nSPS) is 18.0. The third kappa shape index (κ3) is 6.01. The maximum absolute atomic E-state index is 12.7. The topological polar surface area (TPSA) is 117 Å². The van der Waals surface area contributed by atoms with Crippen LogP contribution in [0.4, 0.5) is 0 Å². The smallest absolute Gasteiger partial charge is 0.261 e. The minimum Gasteiger partial charge on any atom is -0.457 e. The number of sulfonamides is 1. The molecule has 3 rings (SSSR count). The van der Waals surface area contributed by atoms with Gasteiger partial charge in [0.15, 0.2) is 0 Å². The SMILES string of the molecule is O=C(NO)[C@H](CC1CCCNC1)NS(=O)(=O)c1ccc(Oc2ccccc2)cc1. The minimum atomic E-state index is -3.95. The lowest BCUT2D eigenvalue weighted by Gasteiger charge is -2.26. The third-order valence-corrected chi connectivity index (χ3v) is 6.29. The van der Waals surface area contributed by atoms with Crippen LogP contribution in [0.5, 0.6) is 11.5 Å². The largest absolute Gasteiger partial charge is 0.457 e. The second kappa shape index (κ2) is 9.84. The summed E-state index contributed by atoms with van der Waals surface area (Å²) in [5.74, 6) is 0.508. The molecule has 29 heavy (non-hydrogen) atoms. The molecule has 1 heterocycles. The molecule has 0 spiro atoms. The van der Waals surface area contributed by atoms with Crippen molar-refractivity contribution in [2.24, 2.45) is 5.92 Å². The summed E-state index contributed by atoms with van der Waals surface area (Å²) in [6.07, 6.45) is 2.16. The number of hydroxylamine groups is 1. The molecule has 1 aliphatic heterocycles. The van der Waals surface area contributed by atoms with Crippen molar-refractivity contribution in [2.75, 3.05) is 13.1 Å². The first-order valence-corrected chi connectivity index (χ1v) is 11.0. The van der Waals surface area contributed by atoms with Gasteiger partial charge in [0.2, 0.25) is 10.0 Å². The summed E-state index contributed by atoms with van der Waals surface area (Å²) in [6.45, 7) is 1.62. The molecule has 0 radical (unpaired) electrons. The predicted octanol–water partition coefficient (Wildman–Crippen LogP) is 2.02. The third-order valence-electron chi connectivity index (χ3n) is 4.81. The van der Waals surface area contributed by atoms with Crippen LogP contribution in [-0.2, 0) is 14.8 Å². The van der Waals surface area contributed by atoms with Gasteiger partial charge in [-0.15, -0.1) is 0 Å². The minimum absolute atomic E-state index is 0.00965. The molecule has 1 amide bonds. The molecule has 1 saturated heterocycles. The van der Waals surface area contributed by atoms with Crippen LogP contribution in [0.15, 0.2) is 59.5 Å². The average molecular weight is 420 g/mol. The maximum Gasteiger partial charge on any atom is 0.261 e. The predicted molar refractivity (Wildman–Crippen MR) is 107 cm³/mol. The molecule has 9 heteroatoms. The number of hydrogen-bond acceptors (Lipinski definition) is 6. The van der Waals surface area contributed by atoms with E-state index in [9.17, 15) is 13.2 Å². The second-order valence-corrected chi connectivity index (χ2v) is 8.70. The highest BCUT2D eigenvalue weighted by molar-refractivity contribution is 7.89. The zero-order valence-electron chi connectivity index (χ0n) is 15.9. The van der Waals surface area contributed by atoms with Crippen molar-refractivity contribution in [1.82, 2.24) is 15.5 Å². The van der Waals surface area contributed by atoms with Gasteiger partial charge in [-0.1, -0.05) is 18.2 Å². The average Bonchev–Trinajstić information content (AvgIpc) is 2.74. The van der Waals surface area contributed by atoms with Crippen molar-refractivity contribution < 1.29 is 23.2 Å². The van der Waals surface area contributed by atoms with Gasteiger partial charge in [0.1, 0.15) is 17.5 Å². The fourth-order valence-electron chi connectivity index (χ4n) is 3.31. The molecule has 0 aromatic heterocycles. The Morgan fingerprint density at radius 2 is 1.83 bits per heavy atom. The van der Waals surface area contributed by atoms with Gasteiger partial charge in [0.25, 0.3) is 5.91 Å². The molecule has 0 aliphatic carbocycles. The van der Waals surface area contributed by atoms with E-state index in [4.69, 9.17) is 9.94 Å². The number of piperidine rings is 1. The van der Waals surface area contributed by atoms with Crippen molar-refractivity contribution in [3.05, 3.63) is 54.6 Å². The molecule has 8 nitrogen and oxygen atoms in total. The van der Waals surface area contributed by atoms with Gasteiger partial charge >= 0.3 is 0 Å². The van der Waals surface area contributed by atoms with E-state index in [1.165, 1.54) is 12.1 Å². The fraction of sp³-hybridized carbons (Fsp3) is 0.350. The van der Waals surface area contributed by atoms with Crippen LogP contribution in [0, 0.1) is 5.92 Å². The van der Waals surface area contributed by atoms with Crippen molar-refractivity contribution >= 4 is 15.9 Å². The molecule has 2 aromatic rings. The number of nitrogens with one attached hydrogen (secondary N) is 3. The summed E-state index contributed by atoms with van der Waals surface area (Å²) >= 11 is 0. The Balaban J connectivity index is 1.69. The highest BCUT2D eigenvalue weighted by Gasteiger charge is 2.29. The van der Waals surface area contributed by atoms with Gasteiger partial charge < -0.3 is 10.1 Å². The molecule has 2 atom stereocenters. The molecule has 1 fully saturated rings. The first-order valence-electron chi connectivity index (χ1n) is 9.48. The lowest BCUT2D eigenvalue weighted by Crippen LogP contribution is -2.48.